The number of rotatable bonds is 6. The van der Waals surface area contributed by atoms with Gasteiger partial charge in [0.05, 0.1) is 29.8 Å². The van der Waals surface area contributed by atoms with Crippen LogP contribution in [0, 0.1) is 13.8 Å². The van der Waals surface area contributed by atoms with Gasteiger partial charge in [0.25, 0.3) is 11.8 Å². The molecular formula is C29H25N3O4S2. The van der Waals surface area contributed by atoms with Gasteiger partial charge in [-0.25, -0.2) is 0 Å². The van der Waals surface area contributed by atoms with Gasteiger partial charge in [-0.15, -0.1) is 0 Å². The third-order valence-corrected chi connectivity index (χ3v) is 7.91. The molecule has 0 spiro atoms. The normalized spacial score (nSPS) is 16.8. The van der Waals surface area contributed by atoms with Crippen molar-refractivity contribution in [3.8, 4) is 5.75 Å². The van der Waals surface area contributed by atoms with Gasteiger partial charge in [-0.1, -0.05) is 72.0 Å². The first-order chi connectivity index (χ1) is 18.3. The number of benzene rings is 3. The number of ether oxygens (including phenoxy) is 1. The summed E-state index contributed by atoms with van der Waals surface area (Å²) in [6, 6.07) is 20.3. The third kappa shape index (κ3) is 4.82. The Hall–Kier alpha value is -3.95. The Labute approximate surface area is 230 Å². The number of carbonyl (C=O) groups is 3. The van der Waals surface area contributed by atoms with Crippen LogP contribution in [-0.2, 0) is 20.9 Å². The maximum Gasteiger partial charge on any atom is 0.267 e. The van der Waals surface area contributed by atoms with Gasteiger partial charge in [-0.05, 0) is 49.2 Å². The van der Waals surface area contributed by atoms with Crippen molar-refractivity contribution in [2.45, 2.75) is 20.4 Å². The Balaban J connectivity index is 1.41. The van der Waals surface area contributed by atoms with E-state index in [1.807, 2.05) is 62.4 Å². The maximum absolute atomic E-state index is 13.7. The van der Waals surface area contributed by atoms with Crippen LogP contribution in [0.3, 0.4) is 0 Å². The molecule has 1 fully saturated rings. The first-order valence-corrected chi connectivity index (χ1v) is 13.2. The van der Waals surface area contributed by atoms with Crippen LogP contribution >= 0.6 is 24.0 Å². The lowest BCUT2D eigenvalue weighted by molar-refractivity contribution is -0.122. The number of hydrogen-bond acceptors (Lipinski definition) is 6. The van der Waals surface area contributed by atoms with E-state index < -0.39 is 5.91 Å². The molecule has 2 aliphatic heterocycles. The number of thiocarbonyl (C=S) groups is 1. The van der Waals surface area contributed by atoms with Crippen LogP contribution in [0.4, 0.5) is 11.4 Å². The monoisotopic (exact) mass is 543 g/mol. The zero-order valence-electron chi connectivity index (χ0n) is 21.1. The van der Waals surface area contributed by atoms with E-state index in [0.717, 1.165) is 34.2 Å². The van der Waals surface area contributed by atoms with Gasteiger partial charge in [-0.3, -0.25) is 24.2 Å². The number of amides is 3. The molecular weight excluding hydrogens is 518 g/mol. The molecule has 0 aliphatic carbocycles. The molecule has 0 atom stereocenters. The van der Waals surface area contributed by atoms with Crippen molar-refractivity contribution in [2.75, 3.05) is 23.9 Å². The number of para-hydroxylation sites is 1. The van der Waals surface area contributed by atoms with Crippen LogP contribution in [0.1, 0.15) is 22.3 Å². The highest BCUT2D eigenvalue weighted by Crippen LogP contribution is 2.44. The Morgan fingerprint density at radius 3 is 2.42 bits per heavy atom. The predicted octanol–water partition coefficient (Wildman–Crippen LogP) is 5.07. The minimum absolute atomic E-state index is 0.182. The number of hydrogen-bond donors (Lipinski definition) is 1. The predicted molar refractivity (Wildman–Crippen MR) is 154 cm³/mol. The molecule has 2 heterocycles. The molecule has 38 heavy (non-hydrogen) atoms. The summed E-state index contributed by atoms with van der Waals surface area (Å²) >= 11 is 6.64. The van der Waals surface area contributed by atoms with Gasteiger partial charge in [-0.2, -0.15) is 0 Å². The molecule has 3 aromatic carbocycles. The van der Waals surface area contributed by atoms with E-state index in [-0.39, 0.29) is 35.4 Å². The molecule has 0 saturated carbocycles. The number of nitrogens with one attached hydrogen (secondary N) is 1. The lowest BCUT2D eigenvalue weighted by Crippen LogP contribution is -2.35. The van der Waals surface area contributed by atoms with E-state index in [4.69, 9.17) is 17.0 Å². The van der Waals surface area contributed by atoms with E-state index in [2.05, 4.69) is 5.32 Å². The largest absolute Gasteiger partial charge is 0.497 e. The average Bonchev–Trinajstić information content (AvgIpc) is 3.33. The van der Waals surface area contributed by atoms with Crippen LogP contribution in [-0.4, -0.2) is 40.6 Å². The molecule has 5 rings (SSSR count). The fourth-order valence-electron chi connectivity index (χ4n) is 4.54. The molecule has 2 aliphatic rings. The Morgan fingerprint density at radius 2 is 1.71 bits per heavy atom. The van der Waals surface area contributed by atoms with E-state index in [1.165, 1.54) is 9.80 Å². The van der Waals surface area contributed by atoms with Gasteiger partial charge < -0.3 is 10.1 Å². The number of thioether (sulfide) groups is 1. The molecule has 3 amide bonds. The number of fused-ring (bicyclic) bond motifs is 1. The van der Waals surface area contributed by atoms with Crippen molar-refractivity contribution in [1.82, 2.24) is 4.90 Å². The van der Waals surface area contributed by atoms with Gasteiger partial charge in [0.2, 0.25) is 5.91 Å². The minimum atomic E-state index is -0.396. The maximum atomic E-state index is 13.7. The molecule has 0 unspecified atom stereocenters. The molecule has 1 N–H and O–H groups in total. The smallest absolute Gasteiger partial charge is 0.267 e. The molecule has 0 radical (unpaired) electrons. The van der Waals surface area contributed by atoms with Gasteiger partial charge >= 0.3 is 0 Å². The standard InChI is InChI=1S/C29H25N3O4S2/c1-17-8-13-22(18(2)14-17)30-24(33)16-31-23-7-5-4-6-21(23)25(27(31)34)26-28(35)32(29(37)38-26)15-19-9-11-20(36-3)12-10-19/h4-14H,15-16H2,1-3H3,(H,30,33). The molecule has 9 heteroatoms. The summed E-state index contributed by atoms with van der Waals surface area (Å²) in [4.78, 5) is 43.4. The van der Waals surface area contributed by atoms with Crippen LogP contribution in [0.2, 0.25) is 0 Å². The summed E-state index contributed by atoms with van der Waals surface area (Å²) in [5.41, 5.74) is 5.09. The van der Waals surface area contributed by atoms with Crippen LogP contribution < -0.4 is 15.0 Å². The summed E-state index contributed by atoms with van der Waals surface area (Å²) < 4.78 is 5.58. The summed E-state index contributed by atoms with van der Waals surface area (Å²) in [5, 5.41) is 2.90. The summed E-state index contributed by atoms with van der Waals surface area (Å²) in [6.45, 7) is 4.01. The Bertz CT molecular complexity index is 1510. The molecule has 0 aromatic heterocycles. The number of carbonyl (C=O) groups excluding carboxylic acids is 3. The second-order valence-corrected chi connectivity index (χ2v) is 10.7. The minimum Gasteiger partial charge on any atom is -0.497 e. The van der Waals surface area contributed by atoms with Crippen molar-refractivity contribution in [3.05, 3.63) is 93.9 Å². The van der Waals surface area contributed by atoms with E-state index in [1.54, 1.807) is 25.3 Å². The molecule has 192 valence electrons. The van der Waals surface area contributed by atoms with Gasteiger partial charge in [0, 0.05) is 11.3 Å². The Morgan fingerprint density at radius 1 is 0.974 bits per heavy atom. The number of methoxy groups -OCH3 is 1. The highest BCUT2D eigenvalue weighted by atomic mass is 32.2. The fraction of sp³-hybridized carbons (Fsp3) is 0.172. The summed E-state index contributed by atoms with van der Waals surface area (Å²) in [5.74, 6) is -0.327. The van der Waals surface area contributed by atoms with E-state index in [9.17, 15) is 14.4 Å². The van der Waals surface area contributed by atoms with Crippen LogP contribution in [0.15, 0.2) is 71.6 Å². The number of nitrogens with zero attached hydrogens (tertiary/aromatic N) is 2. The van der Waals surface area contributed by atoms with Crippen LogP contribution in [0.5, 0.6) is 5.75 Å². The highest BCUT2D eigenvalue weighted by molar-refractivity contribution is 8.26. The van der Waals surface area contributed by atoms with Crippen molar-refractivity contribution in [1.29, 1.82) is 0 Å². The first kappa shape index (κ1) is 25.7. The summed E-state index contributed by atoms with van der Waals surface area (Å²) in [7, 11) is 1.59. The quantitative estimate of drug-likeness (QED) is 0.346. The Kier molecular flexibility index (Phi) is 7.05. The average molecular weight is 544 g/mol. The van der Waals surface area contributed by atoms with E-state index in [0.29, 0.717) is 21.3 Å². The molecule has 1 saturated heterocycles. The third-order valence-electron chi connectivity index (χ3n) is 6.46. The van der Waals surface area contributed by atoms with Crippen molar-refractivity contribution in [2.24, 2.45) is 0 Å². The zero-order valence-corrected chi connectivity index (χ0v) is 22.7. The molecule has 7 nitrogen and oxygen atoms in total. The molecule has 3 aromatic rings. The fourth-order valence-corrected chi connectivity index (χ4v) is 5.87. The first-order valence-electron chi connectivity index (χ1n) is 12.0. The lowest BCUT2D eigenvalue weighted by Gasteiger charge is -2.17. The number of anilines is 2. The van der Waals surface area contributed by atoms with E-state index >= 15 is 0 Å². The van der Waals surface area contributed by atoms with Crippen LogP contribution in [0.25, 0.3) is 5.57 Å². The van der Waals surface area contributed by atoms with Crippen molar-refractivity contribution < 1.29 is 19.1 Å². The van der Waals surface area contributed by atoms with Gasteiger partial charge in [0.15, 0.2) is 0 Å². The lowest BCUT2D eigenvalue weighted by atomic mass is 10.1. The zero-order chi connectivity index (χ0) is 27.0. The number of aryl methyl sites for hydroxylation is 2. The van der Waals surface area contributed by atoms with Crippen molar-refractivity contribution >= 4 is 63.0 Å². The SMILES string of the molecule is COc1ccc(CN2C(=O)C(=C3C(=O)N(CC(=O)Nc4ccc(C)cc4C)c4ccccc43)SC2=S)cc1. The second-order valence-electron chi connectivity index (χ2n) is 9.09. The highest BCUT2D eigenvalue weighted by Gasteiger charge is 2.42. The second kappa shape index (κ2) is 10.4. The topological polar surface area (TPSA) is 79.0 Å². The van der Waals surface area contributed by atoms with Gasteiger partial charge in [0.1, 0.15) is 16.6 Å². The molecule has 0 bridgehead atoms. The summed E-state index contributed by atoms with van der Waals surface area (Å²) in [6.07, 6.45) is 0. The van der Waals surface area contributed by atoms with Crippen molar-refractivity contribution in [3.63, 3.8) is 0 Å².